The zero-order valence-corrected chi connectivity index (χ0v) is 24.9. The number of hydrogen-bond acceptors (Lipinski definition) is 4. The molecule has 42 heavy (non-hydrogen) atoms. The van der Waals surface area contributed by atoms with Gasteiger partial charge in [-0.15, -0.1) is 0 Å². The maximum absolute atomic E-state index is 14.7. The lowest BCUT2D eigenvalue weighted by molar-refractivity contribution is 0.0484. The molecule has 0 bridgehead atoms. The first kappa shape index (κ1) is 30.5. The Balaban J connectivity index is 1.20. The molecule has 1 unspecified atom stereocenters. The van der Waals surface area contributed by atoms with Crippen LogP contribution in [0.1, 0.15) is 43.0 Å². The molecule has 3 aromatic carbocycles. The molecule has 0 amide bonds. The van der Waals surface area contributed by atoms with Crippen LogP contribution in [-0.2, 0) is 0 Å². The SMILES string of the molecule is CC(C)N1CCN(C(CN2CCN(CCC=C(c3ccccc3F)c3ccccc3F)CC2)c2ccc(F)cc2)CC1. The summed E-state index contributed by atoms with van der Waals surface area (Å²) in [7, 11) is 0. The predicted molar refractivity (Wildman–Crippen MR) is 165 cm³/mol. The molecular formula is C35H43F3N4. The molecule has 0 radical (unpaired) electrons. The Hall–Kier alpha value is -2.97. The highest BCUT2D eigenvalue weighted by Gasteiger charge is 2.29. The molecule has 1 atom stereocenters. The molecule has 0 N–H and O–H groups in total. The third-order valence-corrected chi connectivity index (χ3v) is 8.79. The predicted octanol–water partition coefficient (Wildman–Crippen LogP) is 6.31. The van der Waals surface area contributed by atoms with Gasteiger partial charge in [0.05, 0.1) is 0 Å². The molecule has 2 saturated heterocycles. The molecule has 0 aliphatic carbocycles. The first-order chi connectivity index (χ1) is 20.4. The van der Waals surface area contributed by atoms with E-state index < -0.39 is 0 Å². The lowest BCUT2D eigenvalue weighted by Crippen LogP contribution is -2.53. The van der Waals surface area contributed by atoms with Crippen LogP contribution in [0.2, 0.25) is 0 Å². The summed E-state index contributed by atoms with van der Waals surface area (Å²) in [6.07, 6.45) is 2.68. The van der Waals surface area contributed by atoms with Crippen molar-refractivity contribution in [3.8, 4) is 0 Å². The molecule has 224 valence electrons. The van der Waals surface area contributed by atoms with Crippen molar-refractivity contribution in [2.24, 2.45) is 0 Å². The second-order valence-corrected chi connectivity index (χ2v) is 11.7. The molecular weight excluding hydrogens is 533 g/mol. The molecule has 2 fully saturated rings. The number of hydrogen-bond donors (Lipinski definition) is 0. The standard InChI is InChI=1S/C35H43F3N4/c1-27(2)41-22-24-42(25-23-41)35(28-13-15-29(36)16-14-28)26-40-20-18-39(19-21-40)17-7-10-30(31-8-3-5-11-33(31)37)32-9-4-6-12-34(32)38/h3-6,8-16,27,35H,7,17-26H2,1-2H3. The Bertz CT molecular complexity index is 1260. The lowest BCUT2D eigenvalue weighted by atomic mass is 9.96. The Morgan fingerprint density at radius 3 is 1.74 bits per heavy atom. The van der Waals surface area contributed by atoms with E-state index in [0.29, 0.717) is 29.2 Å². The number of piperazine rings is 2. The van der Waals surface area contributed by atoms with Crippen molar-refractivity contribution in [2.45, 2.75) is 32.4 Å². The summed E-state index contributed by atoms with van der Waals surface area (Å²) < 4.78 is 43.2. The van der Waals surface area contributed by atoms with Crippen LogP contribution in [-0.4, -0.2) is 91.1 Å². The molecule has 3 aromatic rings. The summed E-state index contributed by atoms with van der Waals surface area (Å²) in [5, 5.41) is 0. The van der Waals surface area contributed by atoms with E-state index >= 15 is 0 Å². The quantitative estimate of drug-likeness (QED) is 0.281. The first-order valence-electron chi connectivity index (χ1n) is 15.3. The van der Waals surface area contributed by atoms with Gasteiger partial charge in [0.15, 0.2) is 0 Å². The molecule has 0 spiro atoms. The Morgan fingerprint density at radius 1 is 0.667 bits per heavy atom. The van der Waals surface area contributed by atoms with Gasteiger partial charge >= 0.3 is 0 Å². The van der Waals surface area contributed by atoms with Crippen LogP contribution >= 0.6 is 0 Å². The summed E-state index contributed by atoms with van der Waals surface area (Å²) >= 11 is 0. The van der Waals surface area contributed by atoms with E-state index in [1.165, 1.54) is 17.7 Å². The van der Waals surface area contributed by atoms with Crippen LogP contribution < -0.4 is 0 Å². The van der Waals surface area contributed by atoms with Crippen LogP contribution in [0.5, 0.6) is 0 Å². The van der Waals surface area contributed by atoms with Gasteiger partial charge in [-0.05, 0) is 55.7 Å². The van der Waals surface area contributed by atoms with Crippen LogP contribution in [0, 0.1) is 17.5 Å². The second-order valence-electron chi connectivity index (χ2n) is 11.7. The number of nitrogens with zero attached hydrogens (tertiary/aromatic N) is 4. The summed E-state index contributed by atoms with van der Waals surface area (Å²) in [4.78, 5) is 10.0. The van der Waals surface area contributed by atoms with Crippen LogP contribution in [0.25, 0.3) is 5.57 Å². The van der Waals surface area contributed by atoms with E-state index in [2.05, 4.69) is 33.4 Å². The maximum atomic E-state index is 14.7. The van der Waals surface area contributed by atoms with Gasteiger partial charge in [-0.25, -0.2) is 13.2 Å². The Morgan fingerprint density at radius 2 is 1.19 bits per heavy atom. The fourth-order valence-corrected chi connectivity index (χ4v) is 6.24. The largest absolute Gasteiger partial charge is 0.300 e. The molecule has 5 rings (SSSR count). The Kier molecular flexibility index (Phi) is 10.5. The molecule has 2 heterocycles. The van der Waals surface area contributed by atoms with E-state index in [1.54, 1.807) is 48.5 Å². The molecule has 2 aliphatic heterocycles. The average molecular weight is 577 g/mol. The van der Waals surface area contributed by atoms with E-state index in [4.69, 9.17) is 0 Å². The van der Waals surface area contributed by atoms with Gasteiger partial charge in [0.1, 0.15) is 17.5 Å². The average Bonchev–Trinajstić information content (AvgIpc) is 3.00. The fraction of sp³-hybridized carbons (Fsp3) is 0.429. The lowest BCUT2D eigenvalue weighted by Gasteiger charge is -2.43. The molecule has 0 aromatic heterocycles. The van der Waals surface area contributed by atoms with Gasteiger partial charge in [0.25, 0.3) is 0 Å². The number of rotatable bonds is 10. The minimum Gasteiger partial charge on any atom is -0.300 e. The van der Waals surface area contributed by atoms with Gasteiger partial charge in [-0.1, -0.05) is 54.6 Å². The van der Waals surface area contributed by atoms with Gasteiger partial charge in [0, 0.05) is 88.7 Å². The van der Waals surface area contributed by atoms with Crippen LogP contribution in [0.3, 0.4) is 0 Å². The highest BCUT2D eigenvalue weighted by atomic mass is 19.1. The van der Waals surface area contributed by atoms with Crippen molar-refractivity contribution in [3.05, 3.63) is 113 Å². The first-order valence-corrected chi connectivity index (χ1v) is 15.3. The van der Waals surface area contributed by atoms with Crippen molar-refractivity contribution in [1.29, 1.82) is 0 Å². The van der Waals surface area contributed by atoms with Gasteiger partial charge in [0.2, 0.25) is 0 Å². The van der Waals surface area contributed by atoms with Crippen molar-refractivity contribution in [2.75, 3.05) is 65.4 Å². The summed E-state index contributed by atoms with van der Waals surface area (Å²) in [5.74, 6) is -0.887. The highest BCUT2D eigenvalue weighted by Crippen LogP contribution is 2.29. The molecule has 0 saturated carbocycles. The fourth-order valence-electron chi connectivity index (χ4n) is 6.24. The van der Waals surface area contributed by atoms with Gasteiger partial charge in [-0.2, -0.15) is 0 Å². The molecule has 2 aliphatic rings. The monoisotopic (exact) mass is 576 g/mol. The third kappa shape index (κ3) is 7.70. The zero-order valence-electron chi connectivity index (χ0n) is 24.9. The number of benzene rings is 3. The minimum atomic E-state index is -0.345. The maximum Gasteiger partial charge on any atom is 0.131 e. The topological polar surface area (TPSA) is 13.0 Å². The zero-order chi connectivity index (χ0) is 29.5. The van der Waals surface area contributed by atoms with Crippen molar-refractivity contribution >= 4 is 5.57 Å². The second kappa shape index (κ2) is 14.5. The van der Waals surface area contributed by atoms with E-state index in [9.17, 15) is 13.2 Å². The van der Waals surface area contributed by atoms with Crippen molar-refractivity contribution in [1.82, 2.24) is 19.6 Å². The van der Waals surface area contributed by atoms with E-state index in [0.717, 1.165) is 65.4 Å². The third-order valence-electron chi connectivity index (χ3n) is 8.79. The van der Waals surface area contributed by atoms with E-state index in [-0.39, 0.29) is 23.5 Å². The summed E-state index contributed by atoms with van der Waals surface area (Å²) in [6.45, 7) is 14.2. The Labute approximate surface area is 249 Å². The summed E-state index contributed by atoms with van der Waals surface area (Å²) in [5.41, 5.74) is 2.63. The van der Waals surface area contributed by atoms with E-state index in [1.807, 2.05) is 18.2 Å². The van der Waals surface area contributed by atoms with Gasteiger partial charge in [-0.3, -0.25) is 14.7 Å². The normalized spacial score (nSPS) is 18.3. The molecule has 4 nitrogen and oxygen atoms in total. The number of halogens is 3. The highest BCUT2D eigenvalue weighted by molar-refractivity contribution is 5.80. The summed E-state index contributed by atoms with van der Waals surface area (Å²) in [6, 6.07) is 21.0. The smallest absolute Gasteiger partial charge is 0.131 e. The van der Waals surface area contributed by atoms with Crippen LogP contribution in [0.15, 0.2) is 78.9 Å². The van der Waals surface area contributed by atoms with Crippen molar-refractivity contribution in [3.63, 3.8) is 0 Å². The van der Waals surface area contributed by atoms with Crippen molar-refractivity contribution < 1.29 is 13.2 Å². The minimum absolute atomic E-state index is 0.196. The van der Waals surface area contributed by atoms with Gasteiger partial charge < -0.3 is 4.90 Å². The van der Waals surface area contributed by atoms with Crippen LogP contribution in [0.4, 0.5) is 13.2 Å². The molecule has 7 heteroatoms.